The summed E-state index contributed by atoms with van der Waals surface area (Å²) in [4.78, 5) is 45.2. The van der Waals surface area contributed by atoms with Crippen molar-refractivity contribution in [3.05, 3.63) is 16.8 Å². The number of nitrogens with two attached hydrogens (primary N) is 2. The number of nitrogens with one attached hydrogen (secondary N) is 1. The van der Waals surface area contributed by atoms with Gasteiger partial charge >= 0.3 is 41.3 Å². The SMILES string of the molecule is CC(=O)O.CCC1OC(N2CN=C(N)NC2=O)CC1C.CCC1OC(n2cnc(N)nc2=O)CC1C.[B].[H-].[Na+]. The fourth-order valence-corrected chi connectivity index (χ4v) is 4.31. The standard InChI is InChI=1S/C10H18N4O2.C10H16N4O2.C2H4O2.B.Na.H/c2*1-3-7-6(2)4-8(16-7)14-5-12-9(11)13-10(14)15;1-2(3)4;;;/h6-8H,3-5H2,1-2H3,(H3,11,12,13,15);5-8H,3-4H2,1-2H3,(H2,11,13,15);1H3,(H,3,4);;;/q;;;;+1;-1. The summed E-state index contributed by atoms with van der Waals surface area (Å²) < 4.78 is 13.0. The molecule has 2 saturated heterocycles. The second-order valence-corrected chi connectivity index (χ2v) is 9.01. The molecule has 6 unspecified atom stereocenters. The first kappa shape index (κ1) is 35.8. The maximum Gasteiger partial charge on any atom is 1.00 e. The predicted octanol–water partition coefficient (Wildman–Crippen LogP) is -2.17. The van der Waals surface area contributed by atoms with Crippen LogP contribution in [0.4, 0.5) is 10.7 Å². The number of carbonyl (C=O) groups excluding carboxylic acids is 1. The number of amides is 2. The van der Waals surface area contributed by atoms with E-state index in [1.807, 2.05) is 0 Å². The van der Waals surface area contributed by atoms with Crippen LogP contribution in [0.3, 0.4) is 0 Å². The first-order valence-corrected chi connectivity index (χ1v) is 12.0. The number of aromatic nitrogens is 3. The van der Waals surface area contributed by atoms with E-state index in [0.717, 1.165) is 32.6 Å². The molecule has 4 rings (SSSR count). The summed E-state index contributed by atoms with van der Waals surface area (Å²) in [7, 11) is 0. The van der Waals surface area contributed by atoms with Gasteiger partial charge in [0.1, 0.15) is 25.5 Å². The summed E-state index contributed by atoms with van der Waals surface area (Å²) >= 11 is 0. The van der Waals surface area contributed by atoms with Gasteiger partial charge in [-0.25, -0.2) is 19.6 Å². The molecule has 207 valence electrons. The van der Waals surface area contributed by atoms with E-state index in [1.165, 1.54) is 10.9 Å². The molecule has 6 atom stereocenters. The van der Waals surface area contributed by atoms with Crippen LogP contribution >= 0.6 is 0 Å². The van der Waals surface area contributed by atoms with Crippen molar-refractivity contribution in [1.29, 1.82) is 0 Å². The molecule has 0 aliphatic carbocycles. The number of anilines is 1. The van der Waals surface area contributed by atoms with Gasteiger partial charge in [-0.05, 0) is 37.5 Å². The third-order valence-electron chi connectivity index (χ3n) is 6.18. The first-order chi connectivity index (χ1) is 17.0. The average Bonchev–Trinajstić information content (AvgIpc) is 3.35. The smallest absolute Gasteiger partial charge is 1.00 e. The molecule has 3 aliphatic heterocycles. The van der Waals surface area contributed by atoms with E-state index in [1.54, 1.807) is 4.90 Å². The van der Waals surface area contributed by atoms with E-state index >= 15 is 0 Å². The topological polar surface area (TPSA) is 200 Å². The van der Waals surface area contributed by atoms with Gasteiger partial charge in [-0.15, -0.1) is 0 Å². The minimum Gasteiger partial charge on any atom is -1.00 e. The minimum absolute atomic E-state index is 0. The molecule has 14 nitrogen and oxygen atoms in total. The number of carboxylic acids is 1. The van der Waals surface area contributed by atoms with Crippen LogP contribution < -0.4 is 52.0 Å². The van der Waals surface area contributed by atoms with Crippen molar-refractivity contribution >= 4 is 32.3 Å². The molecule has 6 N–H and O–H groups in total. The van der Waals surface area contributed by atoms with Gasteiger partial charge in [0.05, 0.1) is 12.2 Å². The molecule has 2 fully saturated rings. The van der Waals surface area contributed by atoms with E-state index < -0.39 is 11.7 Å². The normalized spacial score (nSPS) is 27.8. The number of nitrogens with zero attached hydrogens (tertiary/aromatic N) is 5. The van der Waals surface area contributed by atoms with Gasteiger partial charge in [0.15, 0.2) is 5.96 Å². The third kappa shape index (κ3) is 10.2. The molecule has 0 saturated carbocycles. The number of carbonyl (C=O) groups is 2. The molecular formula is C22H39BN8NaO6. The van der Waals surface area contributed by atoms with E-state index in [0.29, 0.717) is 11.8 Å². The Kier molecular flexibility index (Phi) is 15.7. The van der Waals surface area contributed by atoms with Crippen LogP contribution in [0.15, 0.2) is 16.1 Å². The van der Waals surface area contributed by atoms with Gasteiger partial charge in [-0.3, -0.25) is 19.6 Å². The Morgan fingerprint density at radius 1 is 1.13 bits per heavy atom. The fourth-order valence-electron chi connectivity index (χ4n) is 4.31. The summed E-state index contributed by atoms with van der Waals surface area (Å²) in [6.07, 6.45) is 5.01. The number of urea groups is 1. The van der Waals surface area contributed by atoms with Crippen LogP contribution in [0.5, 0.6) is 0 Å². The largest absolute Gasteiger partial charge is 1.00 e. The number of guanidine groups is 1. The molecular weight excluding hydrogens is 506 g/mol. The fraction of sp³-hybridized carbons (Fsp3) is 0.727. The van der Waals surface area contributed by atoms with E-state index in [-0.39, 0.29) is 88.7 Å². The number of aliphatic imine (C=N–C) groups is 1. The van der Waals surface area contributed by atoms with E-state index in [4.69, 9.17) is 30.8 Å². The van der Waals surface area contributed by atoms with Crippen LogP contribution in [0, 0.1) is 11.8 Å². The minimum atomic E-state index is -0.833. The molecule has 0 spiro atoms. The van der Waals surface area contributed by atoms with Gasteiger partial charge in [0.2, 0.25) is 5.95 Å². The van der Waals surface area contributed by atoms with Gasteiger partial charge < -0.3 is 27.5 Å². The van der Waals surface area contributed by atoms with Gasteiger partial charge in [0, 0.05) is 15.3 Å². The summed E-state index contributed by atoms with van der Waals surface area (Å²) in [5.74, 6) is 0.268. The Labute approximate surface area is 248 Å². The van der Waals surface area contributed by atoms with E-state index in [2.05, 4.69) is 48.0 Å². The first-order valence-electron chi connectivity index (χ1n) is 12.0. The number of carboxylic acid groups (broad SMARTS) is 1. The molecule has 0 bridgehead atoms. The van der Waals surface area contributed by atoms with Crippen LogP contribution in [0.1, 0.15) is 68.0 Å². The number of hydrogen-bond acceptors (Lipinski definition) is 10. The summed E-state index contributed by atoms with van der Waals surface area (Å²) in [6.45, 7) is 9.80. The molecule has 16 heteroatoms. The molecule has 2 amide bonds. The number of aliphatic carboxylic acids is 1. The zero-order chi connectivity index (χ0) is 27.0. The van der Waals surface area contributed by atoms with Crippen molar-refractivity contribution in [2.75, 3.05) is 12.4 Å². The Morgan fingerprint density at radius 2 is 1.63 bits per heavy atom. The van der Waals surface area contributed by atoms with Gasteiger partial charge in [0.25, 0.3) is 5.97 Å². The number of hydrogen-bond donors (Lipinski definition) is 4. The predicted molar refractivity (Wildman–Crippen MR) is 138 cm³/mol. The molecule has 3 aliphatic rings. The molecule has 3 radical (unpaired) electrons. The van der Waals surface area contributed by atoms with Crippen molar-refractivity contribution in [3.63, 3.8) is 0 Å². The number of ether oxygens (including phenoxy) is 2. The number of rotatable bonds is 4. The van der Waals surface area contributed by atoms with Crippen molar-refractivity contribution in [2.45, 2.75) is 85.0 Å². The van der Waals surface area contributed by atoms with Gasteiger partial charge in [-0.2, -0.15) is 4.98 Å². The maximum absolute atomic E-state index is 11.7. The van der Waals surface area contributed by atoms with Crippen molar-refractivity contribution in [1.82, 2.24) is 24.8 Å². The Morgan fingerprint density at radius 3 is 2.08 bits per heavy atom. The van der Waals surface area contributed by atoms with Crippen LogP contribution in [-0.4, -0.2) is 76.0 Å². The third-order valence-corrected chi connectivity index (χ3v) is 6.18. The molecule has 4 heterocycles. The quantitative estimate of drug-likeness (QED) is 0.302. The summed E-state index contributed by atoms with van der Waals surface area (Å²) in [5.41, 5.74) is 10.3. The van der Waals surface area contributed by atoms with Crippen LogP contribution in [0.2, 0.25) is 0 Å². The maximum atomic E-state index is 11.7. The zero-order valence-electron chi connectivity index (χ0n) is 24.0. The summed E-state index contributed by atoms with van der Waals surface area (Å²) in [6, 6.07) is -0.221. The van der Waals surface area contributed by atoms with Crippen molar-refractivity contribution < 1.29 is 55.2 Å². The van der Waals surface area contributed by atoms with E-state index in [9.17, 15) is 9.59 Å². The Hall–Kier alpha value is -2.20. The average molecular weight is 545 g/mol. The molecule has 1 aromatic heterocycles. The van der Waals surface area contributed by atoms with Gasteiger partial charge in [-0.1, -0.05) is 27.7 Å². The second-order valence-electron chi connectivity index (χ2n) is 9.01. The van der Waals surface area contributed by atoms with Crippen LogP contribution in [0.25, 0.3) is 0 Å². The monoisotopic (exact) mass is 545 g/mol. The number of nitrogen functional groups attached to an aromatic ring is 1. The Bertz CT molecular complexity index is 1000. The molecule has 38 heavy (non-hydrogen) atoms. The Balaban J connectivity index is 0. The van der Waals surface area contributed by atoms with Crippen LogP contribution in [-0.2, 0) is 14.3 Å². The summed E-state index contributed by atoms with van der Waals surface area (Å²) in [5, 5.41) is 9.91. The van der Waals surface area contributed by atoms with Crippen molar-refractivity contribution in [2.24, 2.45) is 22.6 Å². The molecule has 1 aromatic rings. The van der Waals surface area contributed by atoms with Crippen molar-refractivity contribution in [3.8, 4) is 0 Å². The zero-order valence-corrected chi connectivity index (χ0v) is 25.0. The molecule has 0 aromatic carbocycles. The second kappa shape index (κ2) is 16.7.